The summed E-state index contributed by atoms with van der Waals surface area (Å²) in [7, 11) is 0. The van der Waals surface area contributed by atoms with Crippen molar-refractivity contribution in [3.63, 3.8) is 0 Å². The molecule has 4 aliphatic heterocycles. The minimum Gasteiger partial charge on any atom is -0.583 e. The van der Waals surface area contributed by atoms with Gasteiger partial charge < -0.3 is 68.9 Å². The van der Waals surface area contributed by atoms with E-state index in [0.29, 0.717) is 35.4 Å². The number of rotatable bonds is 10. The number of benzene rings is 2. The van der Waals surface area contributed by atoms with Crippen LogP contribution in [0, 0.1) is 13.8 Å². The molecular formula is C44H48B2N4Na2O16. The molecule has 10 rings (SSSR count). The van der Waals surface area contributed by atoms with Gasteiger partial charge in [-0.1, -0.05) is 48.7 Å². The molecule has 2 aromatic carbocycles. The fourth-order valence-corrected chi connectivity index (χ4v) is 10.3. The Morgan fingerprint density at radius 1 is 0.603 bits per heavy atom. The number of hydrogen-bond acceptors (Lipinski definition) is 14. The van der Waals surface area contributed by atoms with Crippen LogP contribution in [0.5, 0.6) is 23.0 Å². The molecule has 2 amide bonds. The first-order chi connectivity index (χ1) is 31.1. The van der Waals surface area contributed by atoms with E-state index in [9.17, 15) is 69.3 Å². The van der Waals surface area contributed by atoms with Gasteiger partial charge in [0.15, 0.2) is 11.5 Å². The second kappa shape index (κ2) is 19.0. The predicted octanol–water partition coefficient (Wildman–Crippen LogP) is -5.53. The van der Waals surface area contributed by atoms with E-state index in [0.717, 1.165) is 11.1 Å². The normalized spacial score (nSPS) is 22.0. The molecule has 24 heteroatoms. The summed E-state index contributed by atoms with van der Waals surface area (Å²) in [6.07, 6.45) is 3.19. The van der Waals surface area contributed by atoms with Crippen molar-refractivity contribution < 1.29 is 128 Å². The summed E-state index contributed by atoms with van der Waals surface area (Å²) in [5, 5.41) is 80.5. The van der Waals surface area contributed by atoms with Crippen LogP contribution in [0.25, 0.3) is 0 Å². The summed E-state index contributed by atoms with van der Waals surface area (Å²) < 4.78 is 14.8. The van der Waals surface area contributed by atoms with Crippen molar-refractivity contribution in [1.29, 1.82) is 0 Å². The van der Waals surface area contributed by atoms with Crippen LogP contribution in [0.2, 0.25) is 11.6 Å². The first-order valence-electron chi connectivity index (χ1n) is 21.8. The van der Waals surface area contributed by atoms with Crippen LogP contribution in [0.4, 0.5) is 0 Å². The van der Waals surface area contributed by atoms with Crippen molar-refractivity contribution in [1.82, 2.24) is 18.9 Å². The number of carboxylic acid groups (broad SMARTS) is 2. The molecular weight excluding hydrogens is 908 g/mol. The molecule has 68 heavy (non-hydrogen) atoms. The molecule has 8 N–H and O–H groups in total. The first-order valence-corrected chi connectivity index (χ1v) is 21.8. The van der Waals surface area contributed by atoms with Gasteiger partial charge in [-0.3, -0.25) is 19.2 Å². The monoisotopic (exact) mass is 956 g/mol. The van der Waals surface area contributed by atoms with E-state index in [1.165, 1.54) is 33.7 Å². The van der Waals surface area contributed by atoms with Crippen LogP contribution in [0.3, 0.4) is 0 Å². The third-order valence-electron chi connectivity index (χ3n) is 14.3. The van der Waals surface area contributed by atoms with Crippen LogP contribution in [0.1, 0.15) is 79.0 Å². The number of carboxylic acids is 2. The minimum atomic E-state index is -2.63. The molecule has 2 saturated carbocycles. The second-order valence-electron chi connectivity index (χ2n) is 18.6. The van der Waals surface area contributed by atoms with E-state index in [1.807, 2.05) is 0 Å². The molecule has 2 aliphatic carbocycles. The van der Waals surface area contributed by atoms with E-state index in [-0.39, 0.29) is 169 Å². The van der Waals surface area contributed by atoms with E-state index in [2.05, 4.69) is 0 Å². The number of carbonyl (C=O) groups excluding carboxylic acids is 2. The smallest absolute Gasteiger partial charge is 0.583 e. The Labute approximate surface area is 432 Å². The van der Waals surface area contributed by atoms with Crippen molar-refractivity contribution in [2.75, 3.05) is 26.2 Å². The maximum Gasteiger partial charge on any atom is 1.00 e. The fourth-order valence-electron chi connectivity index (χ4n) is 10.3. The Morgan fingerprint density at radius 2 is 0.956 bits per heavy atom. The summed E-state index contributed by atoms with van der Waals surface area (Å²) in [6.45, 7) is -1.21. The van der Waals surface area contributed by atoms with Crippen molar-refractivity contribution in [3.05, 3.63) is 114 Å². The summed E-state index contributed by atoms with van der Waals surface area (Å²) in [4.78, 5) is 75.2. The molecule has 20 nitrogen and oxygen atoms in total. The van der Waals surface area contributed by atoms with Crippen LogP contribution < -0.4 is 79.4 Å². The molecule has 0 spiro atoms. The van der Waals surface area contributed by atoms with Crippen LogP contribution in [0.15, 0.2) is 58.4 Å². The van der Waals surface area contributed by atoms with Crippen molar-refractivity contribution >= 4 is 36.9 Å². The van der Waals surface area contributed by atoms with Crippen LogP contribution in [-0.2, 0) is 35.3 Å². The van der Waals surface area contributed by atoms with Gasteiger partial charge in [-0.05, 0) is 48.9 Å². The quantitative estimate of drug-likeness (QED) is 0.0688. The Balaban J connectivity index is 0.000000196. The average Bonchev–Trinajstić information content (AvgIpc) is 4.15. The molecule has 4 fully saturated rings. The van der Waals surface area contributed by atoms with E-state index in [1.54, 1.807) is 47.9 Å². The largest absolute Gasteiger partial charge is 1.00 e. The number of ether oxygens (including phenoxy) is 2. The van der Waals surface area contributed by atoms with E-state index >= 15 is 0 Å². The van der Waals surface area contributed by atoms with Crippen molar-refractivity contribution in [2.24, 2.45) is 0 Å². The zero-order chi connectivity index (χ0) is 47.3. The maximum absolute atomic E-state index is 12.6. The topological polar surface area (TPSA) is 299 Å². The standard InChI is InChI=1S/2C22H24BN2O8.2Na/c2*1-11-21(28)17(26)4-5-24(11)10-19(27)25-8-12(9-25)33-18-3-2-13-14-6-16(14)23(31,32)7-15(13)20(18)22(29)30;;/h2*2-5,12,14,16,28,31-32H,6-10H2,1H3,(H,29,30);;/q2*-1;2*+1/t2*14-,16-;;/m00../s1. The van der Waals surface area contributed by atoms with Gasteiger partial charge in [0.25, 0.3) is 0 Å². The molecule has 6 aliphatic rings. The molecule has 6 heterocycles. The molecule has 348 valence electrons. The van der Waals surface area contributed by atoms with Gasteiger partial charge in [0.05, 0.1) is 37.6 Å². The molecule has 0 radical (unpaired) electrons. The third kappa shape index (κ3) is 9.52. The number of aromatic nitrogens is 2. The second-order valence-corrected chi connectivity index (χ2v) is 18.6. The van der Waals surface area contributed by atoms with Gasteiger partial charge in [-0.15, -0.1) is 11.6 Å². The average molecular weight is 956 g/mol. The number of likely N-dealkylation sites (tertiary alicyclic amines) is 2. The van der Waals surface area contributed by atoms with E-state index < -0.39 is 59.6 Å². The van der Waals surface area contributed by atoms with Crippen LogP contribution in [-0.4, -0.2) is 135 Å². The zero-order valence-corrected chi connectivity index (χ0v) is 41.9. The fraction of sp³-hybridized carbons (Fsp3) is 0.409. The Hall–Kier alpha value is -4.61. The number of fused-ring (bicyclic) bond motifs is 6. The SMILES string of the molecule is Cc1c(O)c(=O)ccn1CC(=O)N1CC(Oc2ccc3c(c2C(=O)O)C[B-](O)(O)[C@H]2C[C@@H]32)C1.Cc1c(O)c(=O)ccn1CC(=O)N1CC(Oc2ccc3c(c2C(=O)O)C[B-](O)(O)[C@H]2C[C@@H]32)C1.[Na+].[Na+]. The van der Waals surface area contributed by atoms with Gasteiger partial charge in [-0.25, -0.2) is 9.59 Å². The van der Waals surface area contributed by atoms with E-state index in [4.69, 9.17) is 9.47 Å². The predicted molar refractivity (Wildman–Crippen MR) is 233 cm³/mol. The number of nitrogens with zero attached hydrogens (tertiary/aromatic N) is 4. The number of aromatic carboxylic acids is 2. The molecule has 4 aromatic rings. The van der Waals surface area contributed by atoms with Gasteiger partial charge in [0, 0.05) is 24.5 Å². The summed E-state index contributed by atoms with van der Waals surface area (Å²) >= 11 is 0. The number of carbonyl (C=O) groups is 4. The van der Waals surface area contributed by atoms with Crippen LogP contribution >= 0.6 is 0 Å². The minimum absolute atomic E-state index is 0. The van der Waals surface area contributed by atoms with Gasteiger partial charge in [0.1, 0.15) is 47.9 Å². The van der Waals surface area contributed by atoms with Gasteiger partial charge in [-0.2, -0.15) is 0 Å². The van der Waals surface area contributed by atoms with Crippen molar-refractivity contribution in [2.45, 2.75) is 88.1 Å². The number of pyridine rings is 2. The number of hydrogen-bond donors (Lipinski definition) is 8. The Bertz CT molecular complexity index is 2670. The molecule has 2 aromatic heterocycles. The van der Waals surface area contributed by atoms with Crippen molar-refractivity contribution in [3.8, 4) is 23.0 Å². The zero-order valence-electron chi connectivity index (χ0n) is 37.9. The summed E-state index contributed by atoms with van der Waals surface area (Å²) in [5.41, 5.74) is 2.02. The number of aromatic hydroxyl groups is 2. The molecule has 0 unspecified atom stereocenters. The summed E-state index contributed by atoms with van der Waals surface area (Å²) in [6, 6.07) is 9.23. The third-order valence-corrected chi connectivity index (χ3v) is 14.3. The molecule has 0 bridgehead atoms. The number of amides is 2. The Kier molecular flexibility index (Phi) is 14.3. The first kappa shape index (κ1) is 51.2. The van der Waals surface area contributed by atoms with Gasteiger partial charge >= 0.3 is 71.1 Å². The summed E-state index contributed by atoms with van der Waals surface area (Å²) in [5.74, 6) is -3.74. The van der Waals surface area contributed by atoms with Gasteiger partial charge in [0.2, 0.25) is 35.8 Å². The Morgan fingerprint density at radius 3 is 1.29 bits per heavy atom. The molecule has 2 saturated heterocycles. The molecule has 4 atom stereocenters. The maximum atomic E-state index is 12.6.